The zero-order valence-electron chi connectivity index (χ0n) is 9.02. The Hall–Kier alpha value is -1.88. The molecule has 0 aromatic heterocycles. The van der Waals surface area contributed by atoms with Crippen LogP contribution in [0.25, 0.3) is 6.08 Å². The standard InChI is InChI=1S/C14H13NO/c15-10-13(12-6-7-14(16)9-12)8-11-4-2-1-3-5-11/h1-5,8,12H,6-7,9H2/b13-8-. The van der Waals surface area contributed by atoms with E-state index >= 15 is 0 Å². The van der Waals surface area contributed by atoms with Crippen LogP contribution in [0.2, 0.25) is 0 Å². The molecule has 0 saturated heterocycles. The Balaban J connectivity index is 2.21. The summed E-state index contributed by atoms with van der Waals surface area (Å²) in [5.74, 6) is 0.414. The Labute approximate surface area is 95.2 Å². The minimum absolute atomic E-state index is 0.137. The predicted molar refractivity (Wildman–Crippen MR) is 62.4 cm³/mol. The molecular weight excluding hydrogens is 198 g/mol. The van der Waals surface area contributed by atoms with Gasteiger partial charge in [0.15, 0.2) is 0 Å². The van der Waals surface area contributed by atoms with E-state index < -0.39 is 0 Å². The zero-order chi connectivity index (χ0) is 11.4. The van der Waals surface area contributed by atoms with Gasteiger partial charge in [-0.05, 0) is 18.1 Å². The molecule has 0 N–H and O–H groups in total. The van der Waals surface area contributed by atoms with Crippen LogP contribution in [-0.4, -0.2) is 5.78 Å². The van der Waals surface area contributed by atoms with Crippen molar-refractivity contribution < 1.29 is 4.79 Å². The van der Waals surface area contributed by atoms with Crippen LogP contribution in [0.5, 0.6) is 0 Å². The lowest BCUT2D eigenvalue weighted by Gasteiger charge is -2.05. The quantitative estimate of drug-likeness (QED) is 0.705. The number of rotatable bonds is 2. The first-order chi connectivity index (χ1) is 7.79. The molecule has 0 aliphatic heterocycles. The van der Waals surface area contributed by atoms with Crippen molar-refractivity contribution in [3.8, 4) is 6.07 Å². The van der Waals surface area contributed by atoms with Gasteiger partial charge in [-0.2, -0.15) is 5.26 Å². The number of nitrogens with zero attached hydrogens (tertiary/aromatic N) is 1. The summed E-state index contributed by atoms with van der Waals surface area (Å²) in [5.41, 5.74) is 1.76. The summed E-state index contributed by atoms with van der Waals surface area (Å²) in [6.07, 6.45) is 3.87. The highest BCUT2D eigenvalue weighted by atomic mass is 16.1. The van der Waals surface area contributed by atoms with Crippen LogP contribution in [0.4, 0.5) is 0 Å². The smallest absolute Gasteiger partial charge is 0.133 e. The number of carbonyl (C=O) groups is 1. The number of hydrogen-bond acceptors (Lipinski definition) is 2. The lowest BCUT2D eigenvalue weighted by Crippen LogP contribution is -1.98. The first-order valence-corrected chi connectivity index (χ1v) is 5.48. The molecule has 0 amide bonds. The van der Waals surface area contributed by atoms with Gasteiger partial charge >= 0.3 is 0 Å². The maximum Gasteiger partial charge on any atom is 0.133 e. The van der Waals surface area contributed by atoms with Crippen molar-refractivity contribution in [2.45, 2.75) is 19.3 Å². The molecule has 1 aliphatic carbocycles. The second kappa shape index (κ2) is 4.76. The summed E-state index contributed by atoms with van der Waals surface area (Å²) in [7, 11) is 0. The van der Waals surface area contributed by atoms with E-state index in [4.69, 9.17) is 5.26 Å². The number of allylic oxidation sites excluding steroid dienone is 1. The van der Waals surface area contributed by atoms with Crippen LogP contribution in [0, 0.1) is 17.2 Å². The Kier molecular flexibility index (Phi) is 3.16. The summed E-state index contributed by atoms with van der Waals surface area (Å²) in [6.45, 7) is 0. The zero-order valence-corrected chi connectivity index (χ0v) is 9.02. The number of ketones is 1. The molecule has 0 radical (unpaired) electrons. The van der Waals surface area contributed by atoms with Gasteiger partial charge in [0.25, 0.3) is 0 Å². The molecule has 0 heterocycles. The number of hydrogen-bond donors (Lipinski definition) is 0. The van der Waals surface area contributed by atoms with Gasteiger partial charge in [0.2, 0.25) is 0 Å². The van der Waals surface area contributed by atoms with Crippen molar-refractivity contribution in [3.05, 3.63) is 41.5 Å². The first-order valence-electron chi connectivity index (χ1n) is 5.48. The summed E-state index contributed by atoms with van der Waals surface area (Å²) < 4.78 is 0. The molecule has 1 aliphatic rings. The molecule has 1 fully saturated rings. The predicted octanol–water partition coefficient (Wildman–Crippen LogP) is 2.96. The normalized spacial score (nSPS) is 20.8. The van der Waals surface area contributed by atoms with E-state index in [9.17, 15) is 4.79 Å². The molecule has 1 aromatic carbocycles. The molecule has 1 aromatic rings. The first kappa shape index (κ1) is 10.6. The van der Waals surface area contributed by atoms with Crippen LogP contribution < -0.4 is 0 Å². The lowest BCUT2D eigenvalue weighted by molar-refractivity contribution is -0.117. The lowest BCUT2D eigenvalue weighted by atomic mass is 9.96. The van der Waals surface area contributed by atoms with Crippen molar-refractivity contribution >= 4 is 11.9 Å². The SMILES string of the molecule is N#C/C(=C/c1ccccc1)C1CCC(=O)C1. The van der Waals surface area contributed by atoms with Crippen LogP contribution in [0.3, 0.4) is 0 Å². The fraction of sp³-hybridized carbons (Fsp3) is 0.286. The second-order valence-electron chi connectivity index (χ2n) is 4.10. The number of benzene rings is 1. The van der Waals surface area contributed by atoms with Crippen molar-refractivity contribution in [1.29, 1.82) is 5.26 Å². The van der Waals surface area contributed by atoms with E-state index in [1.807, 2.05) is 36.4 Å². The fourth-order valence-corrected chi connectivity index (χ4v) is 2.05. The minimum Gasteiger partial charge on any atom is -0.300 e. The topological polar surface area (TPSA) is 40.9 Å². The molecule has 2 rings (SSSR count). The monoisotopic (exact) mass is 211 g/mol. The van der Waals surface area contributed by atoms with Crippen molar-refractivity contribution in [3.63, 3.8) is 0 Å². The fourth-order valence-electron chi connectivity index (χ4n) is 2.05. The summed E-state index contributed by atoms with van der Waals surface area (Å²) in [6, 6.07) is 12.0. The van der Waals surface area contributed by atoms with Crippen molar-refractivity contribution in [2.75, 3.05) is 0 Å². The molecule has 1 saturated carbocycles. The van der Waals surface area contributed by atoms with Crippen LogP contribution in [0.1, 0.15) is 24.8 Å². The van der Waals surface area contributed by atoms with Crippen molar-refractivity contribution in [1.82, 2.24) is 0 Å². The Bertz CT molecular complexity index is 453. The van der Waals surface area contributed by atoms with Gasteiger partial charge in [0, 0.05) is 24.3 Å². The van der Waals surface area contributed by atoms with Gasteiger partial charge in [0.1, 0.15) is 5.78 Å². The summed E-state index contributed by atoms with van der Waals surface area (Å²) >= 11 is 0. The highest BCUT2D eigenvalue weighted by Crippen LogP contribution is 2.29. The molecule has 1 unspecified atom stereocenters. The van der Waals surface area contributed by atoms with E-state index in [0.717, 1.165) is 17.6 Å². The average Bonchev–Trinajstić information content (AvgIpc) is 2.74. The Morgan fingerprint density at radius 1 is 1.38 bits per heavy atom. The third-order valence-electron chi connectivity index (χ3n) is 2.94. The van der Waals surface area contributed by atoms with Gasteiger partial charge < -0.3 is 0 Å². The Morgan fingerprint density at radius 2 is 2.12 bits per heavy atom. The molecule has 2 nitrogen and oxygen atoms in total. The molecule has 80 valence electrons. The van der Waals surface area contributed by atoms with E-state index in [-0.39, 0.29) is 11.7 Å². The molecular formula is C14H13NO. The summed E-state index contributed by atoms with van der Waals surface area (Å²) in [5, 5.41) is 9.10. The highest BCUT2D eigenvalue weighted by molar-refractivity contribution is 5.82. The average molecular weight is 211 g/mol. The number of carbonyl (C=O) groups excluding carboxylic acids is 1. The van der Waals surface area contributed by atoms with Crippen LogP contribution in [0.15, 0.2) is 35.9 Å². The number of nitriles is 1. The van der Waals surface area contributed by atoms with Gasteiger partial charge in [-0.15, -0.1) is 0 Å². The second-order valence-corrected chi connectivity index (χ2v) is 4.10. The maximum absolute atomic E-state index is 11.2. The molecule has 1 atom stereocenters. The third-order valence-corrected chi connectivity index (χ3v) is 2.94. The molecule has 16 heavy (non-hydrogen) atoms. The van der Waals surface area contributed by atoms with E-state index in [1.54, 1.807) is 0 Å². The highest BCUT2D eigenvalue weighted by Gasteiger charge is 2.25. The van der Waals surface area contributed by atoms with E-state index in [0.29, 0.717) is 12.8 Å². The molecule has 0 bridgehead atoms. The largest absolute Gasteiger partial charge is 0.300 e. The summed E-state index contributed by atoms with van der Waals surface area (Å²) in [4.78, 5) is 11.2. The Morgan fingerprint density at radius 3 is 2.69 bits per heavy atom. The van der Waals surface area contributed by atoms with Crippen molar-refractivity contribution in [2.24, 2.45) is 5.92 Å². The van der Waals surface area contributed by atoms with Gasteiger partial charge in [-0.25, -0.2) is 0 Å². The minimum atomic E-state index is 0.137. The van der Waals surface area contributed by atoms with Gasteiger partial charge in [-0.3, -0.25) is 4.79 Å². The van der Waals surface area contributed by atoms with E-state index in [2.05, 4.69) is 6.07 Å². The van der Waals surface area contributed by atoms with Gasteiger partial charge in [0.05, 0.1) is 6.07 Å². The maximum atomic E-state index is 11.2. The van der Waals surface area contributed by atoms with Gasteiger partial charge in [-0.1, -0.05) is 30.3 Å². The molecule has 0 spiro atoms. The third kappa shape index (κ3) is 2.38. The van der Waals surface area contributed by atoms with Crippen LogP contribution in [-0.2, 0) is 4.79 Å². The number of Topliss-reactive ketones (excluding diaryl/α,β-unsaturated/α-hetero) is 1. The van der Waals surface area contributed by atoms with Crippen LogP contribution >= 0.6 is 0 Å². The van der Waals surface area contributed by atoms with E-state index in [1.165, 1.54) is 0 Å². The molecule has 2 heteroatoms.